The fourth-order valence-corrected chi connectivity index (χ4v) is 2.41. The molecule has 106 valence electrons. The molecular formula is C14H21FN2O2. The van der Waals surface area contributed by atoms with E-state index in [0.29, 0.717) is 11.5 Å². The number of ether oxygens (including phenoxy) is 2. The minimum atomic E-state index is -0.406. The van der Waals surface area contributed by atoms with E-state index >= 15 is 0 Å². The molecule has 0 aliphatic carbocycles. The molecule has 1 aromatic carbocycles. The lowest BCUT2D eigenvalue weighted by molar-refractivity contribution is 0.147. The molecule has 1 atom stereocenters. The molecule has 5 heteroatoms. The third-order valence-electron chi connectivity index (χ3n) is 3.50. The van der Waals surface area contributed by atoms with Gasteiger partial charge in [0.05, 0.1) is 20.3 Å². The van der Waals surface area contributed by atoms with E-state index in [-0.39, 0.29) is 6.04 Å². The minimum absolute atomic E-state index is 0.230. The Morgan fingerprint density at radius 3 is 2.21 bits per heavy atom. The second-order valence-corrected chi connectivity index (χ2v) is 4.60. The van der Waals surface area contributed by atoms with Crippen molar-refractivity contribution < 1.29 is 13.9 Å². The Bertz CT molecular complexity index is 386. The molecule has 4 nitrogen and oxygen atoms in total. The fraction of sp³-hybridized carbons (Fsp3) is 0.571. The van der Waals surface area contributed by atoms with E-state index < -0.39 is 6.67 Å². The second kappa shape index (κ2) is 6.73. The highest BCUT2D eigenvalue weighted by Crippen LogP contribution is 2.30. The van der Waals surface area contributed by atoms with Crippen LogP contribution >= 0.6 is 0 Å². The number of nitrogens with one attached hydrogen (secondary N) is 1. The average Bonchev–Trinajstić information content (AvgIpc) is 2.48. The fourth-order valence-electron chi connectivity index (χ4n) is 2.41. The Balaban J connectivity index is 2.25. The molecule has 1 N–H and O–H groups in total. The third-order valence-corrected chi connectivity index (χ3v) is 3.50. The summed E-state index contributed by atoms with van der Waals surface area (Å²) >= 11 is 0. The van der Waals surface area contributed by atoms with Crippen molar-refractivity contribution in [1.82, 2.24) is 10.2 Å². The first-order valence-electron chi connectivity index (χ1n) is 6.52. The summed E-state index contributed by atoms with van der Waals surface area (Å²) in [6, 6.07) is 5.34. The van der Waals surface area contributed by atoms with E-state index in [1.54, 1.807) is 20.3 Å². The first-order valence-corrected chi connectivity index (χ1v) is 6.52. The number of nitrogens with zero attached hydrogens (tertiary/aromatic N) is 1. The lowest BCUT2D eigenvalue weighted by atomic mass is 10.0. The Kier molecular flexibility index (Phi) is 4.99. The predicted octanol–water partition coefficient (Wildman–Crippen LogP) is 1.62. The predicted molar refractivity (Wildman–Crippen MR) is 72.7 cm³/mol. The van der Waals surface area contributed by atoms with E-state index in [0.717, 1.165) is 31.7 Å². The normalized spacial score (nSPS) is 18.1. The number of hydrogen-bond donors (Lipinski definition) is 1. The van der Waals surface area contributed by atoms with Crippen molar-refractivity contribution in [2.45, 2.75) is 6.04 Å². The highest BCUT2D eigenvalue weighted by atomic mass is 19.1. The highest BCUT2D eigenvalue weighted by molar-refractivity contribution is 5.40. The molecular weight excluding hydrogens is 247 g/mol. The molecule has 1 aliphatic rings. The van der Waals surface area contributed by atoms with Crippen molar-refractivity contribution in [3.63, 3.8) is 0 Å². The van der Waals surface area contributed by atoms with E-state index in [2.05, 4.69) is 10.2 Å². The molecule has 0 spiro atoms. The maximum Gasteiger partial charge on any atom is 0.122 e. The largest absolute Gasteiger partial charge is 0.497 e. The van der Waals surface area contributed by atoms with Crippen LogP contribution in [0.25, 0.3) is 0 Å². The van der Waals surface area contributed by atoms with Crippen molar-refractivity contribution in [3.05, 3.63) is 23.8 Å². The molecule has 2 rings (SSSR count). The van der Waals surface area contributed by atoms with Gasteiger partial charge in [-0.3, -0.25) is 4.90 Å². The summed E-state index contributed by atoms with van der Waals surface area (Å²) < 4.78 is 23.9. The molecule has 0 saturated carbocycles. The Hall–Kier alpha value is -1.33. The van der Waals surface area contributed by atoms with Crippen LogP contribution in [-0.2, 0) is 0 Å². The molecule has 0 unspecified atom stereocenters. The molecule has 1 aromatic rings. The quantitative estimate of drug-likeness (QED) is 0.880. The number of halogens is 1. The van der Waals surface area contributed by atoms with E-state index in [1.165, 1.54) is 0 Å². The van der Waals surface area contributed by atoms with Crippen LogP contribution in [0.15, 0.2) is 18.2 Å². The van der Waals surface area contributed by atoms with Gasteiger partial charge in [-0.15, -0.1) is 0 Å². The number of rotatable bonds is 5. The van der Waals surface area contributed by atoms with Gasteiger partial charge < -0.3 is 14.8 Å². The SMILES string of the molecule is COc1cc(OC)cc([C@@H](CF)N2CCNCC2)c1. The summed E-state index contributed by atoms with van der Waals surface area (Å²) in [7, 11) is 3.21. The van der Waals surface area contributed by atoms with Crippen molar-refractivity contribution in [3.8, 4) is 11.5 Å². The summed E-state index contributed by atoms with van der Waals surface area (Å²) in [4.78, 5) is 2.16. The van der Waals surface area contributed by atoms with Gasteiger partial charge in [0.25, 0.3) is 0 Å². The molecule has 0 aromatic heterocycles. The second-order valence-electron chi connectivity index (χ2n) is 4.60. The van der Waals surface area contributed by atoms with Gasteiger partial charge in [0.1, 0.15) is 18.2 Å². The number of hydrogen-bond acceptors (Lipinski definition) is 4. The van der Waals surface area contributed by atoms with Crippen LogP contribution in [0.3, 0.4) is 0 Å². The first-order chi connectivity index (χ1) is 9.28. The Labute approximate surface area is 113 Å². The van der Waals surface area contributed by atoms with Crippen LogP contribution in [0.4, 0.5) is 4.39 Å². The maximum absolute atomic E-state index is 13.5. The van der Waals surface area contributed by atoms with Gasteiger partial charge in [-0.2, -0.15) is 0 Å². The van der Waals surface area contributed by atoms with Gasteiger partial charge in [-0.05, 0) is 17.7 Å². The number of benzene rings is 1. The van der Waals surface area contributed by atoms with Gasteiger partial charge in [0.2, 0.25) is 0 Å². The zero-order valence-electron chi connectivity index (χ0n) is 11.5. The van der Waals surface area contributed by atoms with Gasteiger partial charge >= 0.3 is 0 Å². The van der Waals surface area contributed by atoms with Crippen molar-refractivity contribution in [2.24, 2.45) is 0 Å². The van der Waals surface area contributed by atoms with Crippen molar-refractivity contribution in [1.29, 1.82) is 0 Å². The highest BCUT2D eigenvalue weighted by Gasteiger charge is 2.23. The number of methoxy groups -OCH3 is 2. The van der Waals surface area contributed by atoms with E-state index in [1.807, 2.05) is 12.1 Å². The van der Waals surface area contributed by atoms with Crippen LogP contribution in [0.5, 0.6) is 11.5 Å². The van der Waals surface area contributed by atoms with Crippen LogP contribution < -0.4 is 14.8 Å². The Morgan fingerprint density at radius 2 is 1.74 bits per heavy atom. The van der Waals surface area contributed by atoms with Crippen molar-refractivity contribution in [2.75, 3.05) is 47.1 Å². The van der Waals surface area contributed by atoms with Gasteiger partial charge in [0, 0.05) is 32.2 Å². The van der Waals surface area contributed by atoms with Crippen LogP contribution in [-0.4, -0.2) is 52.0 Å². The molecule has 1 fully saturated rings. The average molecular weight is 268 g/mol. The van der Waals surface area contributed by atoms with E-state index in [4.69, 9.17) is 9.47 Å². The van der Waals surface area contributed by atoms with Crippen LogP contribution in [0, 0.1) is 0 Å². The lowest BCUT2D eigenvalue weighted by Crippen LogP contribution is -2.45. The first kappa shape index (κ1) is 14.1. The molecule has 0 radical (unpaired) electrons. The molecule has 0 bridgehead atoms. The van der Waals surface area contributed by atoms with Gasteiger partial charge in [-0.25, -0.2) is 4.39 Å². The monoisotopic (exact) mass is 268 g/mol. The van der Waals surface area contributed by atoms with Gasteiger partial charge in [0.15, 0.2) is 0 Å². The summed E-state index contributed by atoms with van der Waals surface area (Å²) in [5, 5.41) is 3.28. The molecule has 1 heterocycles. The van der Waals surface area contributed by atoms with Crippen LogP contribution in [0.1, 0.15) is 11.6 Å². The van der Waals surface area contributed by atoms with Crippen molar-refractivity contribution >= 4 is 0 Å². The number of piperazine rings is 1. The Morgan fingerprint density at radius 1 is 1.16 bits per heavy atom. The lowest BCUT2D eigenvalue weighted by Gasteiger charge is -2.33. The molecule has 19 heavy (non-hydrogen) atoms. The third kappa shape index (κ3) is 3.36. The standard InChI is InChI=1S/C14H21FN2O2/c1-18-12-7-11(8-13(9-12)19-2)14(10-15)17-5-3-16-4-6-17/h7-9,14,16H,3-6,10H2,1-2H3/t14-/m1/s1. The number of alkyl halides is 1. The molecule has 1 saturated heterocycles. The molecule has 1 aliphatic heterocycles. The topological polar surface area (TPSA) is 33.7 Å². The molecule has 0 amide bonds. The summed E-state index contributed by atoms with van der Waals surface area (Å²) in [5.74, 6) is 1.39. The summed E-state index contributed by atoms with van der Waals surface area (Å²) in [6.45, 7) is 3.10. The summed E-state index contributed by atoms with van der Waals surface area (Å²) in [6.07, 6.45) is 0. The zero-order chi connectivity index (χ0) is 13.7. The maximum atomic E-state index is 13.5. The van der Waals surface area contributed by atoms with E-state index in [9.17, 15) is 4.39 Å². The zero-order valence-corrected chi connectivity index (χ0v) is 11.5. The smallest absolute Gasteiger partial charge is 0.122 e. The van der Waals surface area contributed by atoms with Gasteiger partial charge in [-0.1, -0.05) is 0 Å². The van der Waals surface area contributed by atoms with Crippen LogP contribution in [0.2, 0.25) is 0 Å². The minimum Gasteiger partial charge on any atom is -0.497 e. The summed E-state index contributed by atoms with van der Waals surface area (Å²) in [5.41, 5.74) is 0.903.